The molecular weight excluding hydrogens is 140 g/mol. The number of carbonyl (C=O) groups excluding carboxylic acids is 1. The van der Waals surface area contributed by atoms with Gasteiger partial charge in [0.2, 0.25) is 0 Å². The molecule has 1 N–H and O–H groups in total. The summed E-state index contributed by atoms with van der Waals surface area (Å²) in [4.78, 5) is 12.8. The highest BCUT2D eigenvalue weighted by molar-refractivity contribution is 5.68. The van der Waals surface area contributed by atoms with Gasteiger partial charge >= 0.3 is 0 Å². The maximum absolute atomic E-state index is 10.6. The minimum absolute atomic E-state index is 0.105. The maximum Gasteiger partial charge on any atom is 0.140 e. The van der Waals surface area contributed by atoms with Crippen molar-refractivity contribution in [3.05, 3.63) is 0 Å². The number of nitrogens with one attached hydrogen (secondary N) is 1. The summed E-state index contributed by atoms with van der Waals surface area (Å²) in [6.07, 6.45) is 3.15. The lowest BCUT2D eigenvalue weighted by Crippen LogP contribution is -2.59. The molecule has 3 nitrogen and oxygen atoms in total. The number of hydrogen-bond donors (Lipinski definition) is 1. The molecule has 1 aliphatic carbocycles. The van der Waals surface area contributed by atoms with Crippen LogP contribution in [0.5, 0.6) is 0 Å². The summed E-state index contributed by atoms with van der Waals surface area (Å²) in [5.74, 6) is 0. The molecule has 3 heteroatoms. The van der Waals surface area contributed by atoms with E-state index in [-0.39, 0.29) is 5.54 Å². The first-order valence-electron chi connectivity index (χ1n) is 4.17. The van der Waals surface area contributed by atoms with E-state index < -0.39 is 0 Å². The van der Waals surface area contributed by atoms with Gasteiger partial charge in [0.1, 0.15) is 6.29 Å². The Morgan fingerprint density at radius 2 is 2.18 bits per heavy atom. The van der Waals surface area contributed by atoms with Gasteiger partial charge in [0, 0.05) is 19.1 Å². The summed E-state index contributed by atoms with van der Waals surface area (Å²) in [7, 11) is 2.10. The SMILES string of the molecule is CN1CC(NC2(C=O)CC2)C1. The van der Waals surface area contributed by atoms with E-state index in [0.717, 1.165) is 32.2 Å². The molecule has 0 radical (unpaired) electrons. The van der Waals surface area contributed by atoms with E-state index in [2.05, 4.69) is 17.3 Å². The first kappa shape index (κ1) is 7.25. The number of aldehydes is 1. The molecular formula is C8H14N2O. The zero-order valence-electron chi connectivity index (χ0n) is 6.84. The number of carbonyl (C=O) groups is 1. The summed E-state index contributed by atoms with van der Waals surface area (Å²) < 4.78 is 0. The molecule has 1 saturated heterocycles. The molecule has 0 spiro atoms. The fourth-order valence-electron chi connectivity index (χ4n) is 1.63. The zero-order chi connectivity index (χ0) is 7.90. The molecule has 11 heavy (non-hydrogen) atoms. The van der Waals surface area contributed by atoms with E-state index in [1.165, 1.54) is 0 Å². The third-order valence-electron chi connectivity index (χ3n) is 2.57. The molecule has 1 aliphatic heterocycles. The van der Waals surface area contributed by atoms with Gasteiger partial charge in [0.15, 0.2) is 0 Å². The Balaban J connectivity index is 1.78. The maximum atomic E-state index is 10.6. The van der Waals surface area contributed by atoms with E-state index in [9.17, 15) is 4.79 Å². The second-order valence-electron chi connectivity index (χ2n) is 3.84. The van der Waals surface area contributed by atoms with Gasteiger partial charge in [0.25, 0.3) is 0 Å². The molecule has 2 rings (SSSR count). The summed E-state index contributed by atoms with van der Waals surface area (Å²) in [5, 5.41) is 3.37. The van der Waals surface area contributed by atoms with Crippen LogP contribution in [0, 0.1) is 0 Å². The van der Waals surface area contributed by atoms with Crippen molar-refractivity contribution in [2.75, 3.05) is 20.1 Å². The van der Waals surface area contributed by atoms with Gasteiger partial charge in [-0.2, -0.15) is 0 Å². The van der Waals surface area contributed by atoms with E-state index >= 15 is 0 Å². The molecule has 0 atom stereocenters. The summed E-state index contributed by atoms with van der Waals surface area (Å²) >= 11 is 0. The van der Waals surface area contributed by atoms with Crippen LogP contribution in [0.2, 0.25) is 0 Å². The highest BCUT2D eigenvalue weighted by atomic mass is 16.1. The standard InChI is InChI=1S/C8H14N2O/c1-10-4-7(5-10)9-8(6-11)2-3-8/h6-7,9H,2-5H2,1H3. The molecule has 0 aromatic heterocycles. The second kappa shape index (κ2) is 2.29. The van der Waals surface area contributed by atoms with Gasteiger partial charge in [-0.3, -0.25) is 5.32 Å². The second-order valence-corrected chi connectivity index (χ2v) is 3.84. The lowest BCUT2D eigenvalue weighted by Gasteiger charge is -2.38. The zero-order valence-corrected chi connectivity index (χ0v) is 6.84. The third-order valence-corrected chi connectivity index (χ3v) is 2.57. The van der Waals surface area contributed by atoms with E-state index in [1.54, 1.807) is 0 Å². The van der Waals surface area contributed by atoms with E-state index in [1.807, 2.05) is 0 Å². The Morgan fingerprint density at radius 1 is 1.55 bits per heavy atom. The van der Waals surface area contributed by atoms with Gasteiger partial charge in [-0.05, 0) is 19.9 Å². The summed E-state index contributed by atoms with van der Waals surface area (Å²) in [5.41, 5.74) is -0.105. The van der Waals surface area contributed by atoms with Crippen molar-refractivity contribution in [1.29, 1.82) is 0 Å². The van der Waals surface area contributed by atoms with Crippen LogP contribution in [-0.4, -0.2) is 42.9 Å². The largest absolute Gasteiger partial charge is 0.303 e. The predicted molar refractivity (Wildman–Crippen MR) is 42.4 cm³/mol. The lowest BCUT2D eigenvalue weighted by molar-refractivity contribution is -0.110. The number of rotatable bonds is 3. The predicted octanol–water partition coefficient (Wildman–Crippen LogP) is -0.379. The van der Waals surface area contributed by atoms with Crippen LogP contribution in [0.25, 0.3) is 0 Å². The minimum atomic E-state index is -0.105. The Morgan fingerprint density at radius 3 is 2.55 bits per heavy atom. The topological polar surface area (TPSA) is 32.3 Å². The van der Waals surface area contributed by atoms with Crippen LogP contribution >= 0.6 is 0 Å². The molecule has 0 aromatic rings. The fraction of sp³-hybridized carbons (Fsp3) is 0.875. The van der Waals surface area contributed by atoms with Crippen LogP contribution in [-0.2, 0) is 4.79 Å². The summed E-state index contributed by atoms with van der Waals surface area (Å²) in [6.45, 7) is 2.19. The summed E-state index contributed by atoms with van der Waals surface area (Å²) in [6, 6.07) is 0.563. The number of likely N-dealkylation sites (N-methyl/N-ethyl adjacent to an activating group) is 1. The number of likely N-dealkylation sites (tertiary alicyclic amines) is 1. The van der Waals surface area contributed by atoms with Crippen molar-refractivity contribution in [3.63, 3.8) is 0 Å². The van der Waals surface area contributed by atoms with E-state index in [0.29, 0.717) is 6.04 Å². The highest BCUT2D eigenvalue weighted by Gasteiger charge is 2.45. The Labute approximate surface area is 66.8 Å². The van der Waals surface area contributed by atoms with Gasteiger partial charge in [-0.1, -0.05) is 0 Å². The molecule has 2 aliphatic rings. The van der Waals surface area contributed by atoms with Crippen LogP contribution in [0.15, 0.2) is 0 Å². The smallest absolute Gasteiger partial charge is 0.140 e. The van der Waals surface area contributed by atoms with Crippen LogP contribution in [0.3, 0.4) is 0 Å². The molecule has 0 unspecified atom stereocenters. The Kier molecular flexibility index (Phi) is 1.51. The molecule has 1 heterocycles. The van der Waals surface area contributed by atoms with Gasteiger partial charge < -0.3 is 9.69 Å². The first-order chi connectivity index (χ1) is 5.24. The molecule has 62 valence electrons. The first-order valence-corrected chi connectivity index (χ1v) is 4.17. The monoisotopic (exact) mass is 154 g/mol. The third kappa shape index (κ3) is 1.30. The van der Waals surface area contributed by atoms with Crippen molar-refractivity contribution in [3.8, 4) is 0 Å². The average molecular weight is 154 g/mol. The molecule has 2 fully saturated rings. The van der Waals surface area contributed by atoms with Crippen molar-refractivity contribution in [1.82, 2.24) is 10.2 Å². The molecule has 0 amide bonds. The Hall–Kier alpha value is -0.410. The fourth-order valence-corrected chi connectivity index (χ4v) is 1.63. The highest BCUT2D eigenvalue weighted by Crippen LogP contribution is 2.34. The number of hydrogen-bond acceptors (Lipinski definition) is 3. The van der Waals surface area contributed by atoms with Crippen molar-refractivity contribution >= 4 is 6.29 Å². The van der Waals surface area contributed by atoms with Gasteiger partial charge in [-0.25, -0.2) is 0 Å². The molecule has 0 bridgehead atoms. The van der Waals surface area contributed by atoms with Gasteiger partial charge in [-0.15, -0.1) is 0 Å². The number of nitrogens with zero attached hydrogens (tertiary/aromatic N) is 1. The molecule has 0 aromatic carbocycles. The van der Waals surface area contributed by atoms with Gasteiger partial charge in [0.05, 0.1) is 5.54 Å². The van der Waals surface area contributed by atoms with Crippen LogP contribution in [0.4, 0.5) is 0 Å². The van der Waals surface area contributed by atoms with E-state index in [4.69, 9.17) is 0 Å². The lowest BCUT2D eigenvalue weighted by atomic mass is 10.1. The normalized spacial score (nSPS) is 29.5. The molecule has 1 saturated carbocycles. The average Bonchev–Trinajstić information content (AvgIpc) is 2.66. The minimum Gasteiger partial charge on any atom is -0.303 e. The van der Waals surface area contributed by atoms with Crippen LogP contribution < -0.4 is 5.32 Å². The van der Waals surface area contributed by atoms with Crippen molar-refractivity contribution < 1.29 is 4.79 Å². The van der Waals surface area contributed by atoms with Crippen molar-refractivity contribution in [2.45, 2.75) is 24.4 Å². The quantitative estimate of drug-likeness (QED) is 0.562. The Bertz CT molecular complexity index is 171. The van der Waals surface area contributed by atoms with Crippen LogP contribution in [0.1, 0.15) is 12.8 Å². The van der Waals surface area contributed by atoms with Crippen molar-refractivity contribution in [2.24, 2.45) is 0 Å².